The van der Waals surface area contributed by atoms with Gasteiger partial charge in [-0.2, -0.15) is 13.7 Å². The fourth-order valence-electron chi connectivity index (χ4n) is 0. The average molecular weight is 431 g/mol. The quantitative estimate of drug-likeness (QED) is 0.184. The summed E-state index contributed by atoms with van der Waals surface area (Å²) >= 11 is 3.09. The van der Waals surface area contributed by atoms with Gasteiger partial charge in [-0.25, -0.2) is 0 Å². The van der Waals surface area contributed by atoms with E-state index in [0.717, 1.165) is 0 Å². The smallest absolute Gasteiger partial charge is 0.344 e. The molecule has 0 saturated heterocycles. The first kappa shape index (κ1) is 29.6. The summed E-state index contributed by atoms with van der Waals surface area (Å²) < 4.78 is 31.6. The van der Waals surface area contributed by atoms with E-state index in [0.29, 0.717) is 0 Å². The summed E-state index contributed by atoms with van der Waals surface area (Å²) in [7, 11) is -4.67. The van der Waals surface area contributed by atoms with Crippen LogP contribution in [0.3, 0.4) is 0 Å². The van der Waals surface area contributed by atoms with Crippen molar-refractivity contribution in [3.8, 4) is 5.40 Å². The van der Waals surface area contributed by atoms with E-state index in [1.54, 1.807) is 0 Å². The number of nitrogens with zero attached hydrogens (tertiary/aromatic N) is 1. The van der Waals surface area contributed by atoms with E-state index in [2.05, 4.69) is 12.6 Å². The first-order chi connectivity index (χ1) is 3.41. The van der Waals surface area contributed by atoms with Gasteiger partial charge in [-0.1, -0.05) is 12.6 Å². The van der Waals surface area contributed by atoms with Crippen molar-refractivity contribution in [1.82, 2.24) is 6.15 Å². The topological polar surface area (TPSA) is 133 Å². The summed E-state index contributed by atoms with van der Waals surface area (Å²) in [5, 5.41) is 8.63. The third-order valence-electron chi connectivity index (χ3n) is 0. The van der Waals surface area contributed by atoms with Crippen molar-refractivity contribution < 1.29 is 62.3 Å². The predicted octanol–water partition coefficient (Wildman–Crippen LogP) is -0.0985. The number of hydrogen-bond acceptors (Lipinski definition) is 5. The number of rotatable bonds is 0. The van der Waals surface area contributed by atoms with Crippen LogP contribution >= 0.6 is 12.6 Å². The zero-order chi connectivity index (χ0) is 7.21. The molecule has 0 atom stereocenters. The van der Waals surface area contributed by atoms with Crippen LogP contribution in [0.15, 0.2) is 0 Å². The van der Waals surface area contributed by atoms with Gasteiger partial charge in [-0.15, -0.1) is 0 Å². The van der Waals surface area contributed by atoms with Gasteiger partial charge in [0.25, 0.3) is 0 Å². The largest absolute Gasteiger partial charge is 0.394 e. The fourth-order valence-corrected chi connectivity index (χ4v) is 0. The van der Waals surface area contributed by atoms with E-state index in [1.807, 2.05) is 0 Å². The normalized spacial score (nSPS) is 6.00. The Morgan fingerprint density at radius 3 is 1.36 bits per heavy atom. The fraction of sp³-hybridized carbons (Fsp3) is 0. The third-order valence-corrected chi connectivity index (χ3v) is 0. The van der Waals surface area contributed by atoms with Crippen LogP contribution in [0.2, 0.25) is 0 Å². The Kier molecular flexibility index (Phi) is 46.4. The van der Waals surface area contributed by atoms with Crippen molar-refractivity contribution in [2.24, 2.45) is 0 Å². The molecule has 0 aliphatic heterocycles. The summed E-state index contributed by atoms with van der Waals surface area (Å²) in [5.41, 5.74) is 0. The molecule has 0 aromatic carbocycles. The number of hydrogen-bond donors (Lipinski definition) is 4. The Labute approximate surface area is 101 Å². The molecule has 0 bridgehead atoms. The first-order valence-electron chi connectivity index (χ1n) is 1.15. The van der Waals surface area contributed by atoms with Crippen molar-refractivity contribution in [2.45, 2.75) is 0 Å². The molecule has 10 heteroatoms. The molecular formula is CH6FeHgN2O4S2. The van der Waals surface area contributed by atoms with Gasteiger partial charge in [0.1, 0.15) is 5.40 Å². The zero-order valence-electron chi connectivity index (χ0n) is 5.28. The average Bonchev–Trinajstić information content (AvgIpc) is 1.27. The van der Waals surface area contributed by atoms with E-state index in [9.17, 15) is 0 Å². The minimum Gasteiger partial charge on any atom is -0.344 e. The summed E-state index contributed by atoms with van der Waals surface area (Å²) in [6.45, 7) is 0. The molecule has 0 aromatic heterocycles. The van der Waals surface area contributed by atoms with E-state index >= 15 is 0 Å². The summed E-state index contributed by atoms with van der Waals surface area (Å²) in [6.07, 6.45) is 0. The molecule has 0 heterocycles. The molecular weight excluding hydrogens is 425 g/mol. The molecule has 0 rings (SSSR count). The Balaban J connectivity index is -0.0000000183. The second kappa shape index (κ2) is 17.3. The Hall–Kier alpha value is 1.12. The van der Waals surface area contributed by atoms with Gasteiger partial charge in [0, 0.05) is 44.7 Å². The van der Waals surface area contributed by atoms with Crippen LogP contribution in [-0.4, -0.2) is 17.5 Å². The van der Waals surface area contributed by atoms with Crippen LogP contribution in [0.5, 0.6) is 0 Å². The molecule has 0 unspecified atom stereocenters. The molecule has 5 N–H and O–H groups in total. The van der Waals surface area contributed by atoms with Crippen molar-refractivity contribution in [3.63, 3.8) is 0 Å². The van der Waals surface area contributed by atoms with Gasteiger partial charge >= 0.3 is 10.4 Å². The Bertz CT molecular complexity index is 167. The van der Waals surface area contributed by atoms with Gasteiger partial charge < -0.3 is 6.15 Å². The number of nitriles is 1. The van der Waals surface area contributed by atoms with Gasteiger partial charge in [-0.3, -0.25) is 9.11 Å². The second-order valence-electron chi connectivity index (χ2n) is 0.548. The monoisotopic (exact) mass is 432 g/mol. The van der Waals surface area contributed by atoms with Gasteiger partial charge in [0.2, 0.25) is 0 Å². The van der Waals surface area contributed by atoms with Crippen LogP contribution in [0.25, 0.3) is 0 Å². The summed E-state index contributed by atoms with van der Waals surface area (Å²) in [4.78, 5) is 0. The van der Waals surface area contributed by atoms with Crippen LogP contribution in [0.1, 0.15) is 0 Å². The van der Waals surface area contributed by atoms with E-state index in [4.69, 9.17) is 22.8 Å². The van der Waals surface area contributed by atoms with Crippen molar-refractivity contribution in [3.05, 3.63) is 0 Å². The molecule has 0 aliphatic carbocycles. The summed E-state index contributed by atoms with van der Waals surface area (Å²) in [6, 6.07) is 0. The van der Waals surface area contributed by atoms with Crippen molar-refractivity contribution in [2.75, 3.05) is 0 Å². The molecule has 0 saturated carbocycles. The second-order valence-corrected chi connectivity index (χ2v) is 1.64. The zero-order valence-corrected chi connectivity index (χ0v) is 13.6. The molecule has 66 valence electrons. The van der Waals surface area contributed by atoms with Gasteiger partial charge in [0.05, 0.1) is 0 Å². The molecule has 0 amide bonds. The minimum atomic E-state index is -4.67. The van der Waals surface area contributed by atoms with Crippen molar-refractivity contribution >= 4 is 23.0 Å². The Morgan fingerprint density at radius 1 is 1.36 bits per heavy atom. The third kappa shape index (κ3) is 732. The van der Waals surface area contributed by atoms with Gasteiger partial charge in [-0.05, 0) is 0 Å². The maximum atomic E-state index is 8.74. The standard InChI is InChI=1S/CHNS.Fe.Hg.H3N.H2O4S/c2-1-3;;;;1-5(2,3)4/h3H;;;1H3;(H2,1,2,3,4). The SMILES string of the molecule is N.N#CS.O=S(=O)(O)O.[Fe].[Hg]. The molecule has 11 heavy (non-hydrogen) atoms. The van der Waals surface area contributed by atoms with Crippen molar-refractivity contribution in [1.29, 1.82) is 5.26 Å². The maximum absolute atomic E-state index is 8.74. The molecule has 0 fully saturated rings. The molecule has 0 aromatic rings. The van der Waals surface area contributed by atoms with Crippen LogP contribution < -0.4 is 6.15 Å². The molecule has 0 radical (unpaired) electrons. The van der Waals surface area contributed by atoms with E-state index in [1.165, 1.54) is 5.40 Å². The minimum absolute atomic E-state index is 0. The number of thiol groups is 1. The first-order valence-corrected chi connectivity index (χ1v) is 2.99. The molecule has 6 nitrogen and oxygen atoms in total. The predicted molar refractivity (Wildman–Crippen MR) is 33.8 cm³/mol. The van der Waals surface area contributed by atoms with Gasteiger partial charge in [0.15, 0.2) is 0 Å². The maximum Gasteiger partial charge on any atom is 0.394 e. The summed E-state index contributed by atoms with van der Waals surface area (Å²) in [5.74, 6) is 0. The van der Waals surface area contributed by atoms with Crippen LogP contribution in [0, 0.1) is 10.7 Å². The number of thiocyanates is 1. The molecule has 0 aliphatic rings. The molecule has 0 spiro atoms. The Morgan fingerprint density at radius 2 is 1.36 bits per heavy atom. The van der Waals surface area contributed by atoms with Crippen LogP contribution in [-0.2, 0) is 55.1 Å². The van der Waals surface area contributed by atoms with E-state index in [-0.39, 0.29) is 50.9 Å². The van der Waals surface area contributed by atoms with E-state index < -0.39 is 10.4 Å². The van der Waals surface area contributed by atoms with Crippen LogP contribution in [0.4, 0.5) is 0 Å².